The lowest BCUT2D eigenvalue weighted by molar-refractivity contribution is 0.470. The van der Waals surface area contributed by atoms with Gasteiger partial charge in [0.05, 0.1) is 10.0 Å². The average Bonchev–Trinajstić information content (AvgIpc) is 2.56. The molecule has 1 N–H and O–H groups in total. The highest BCUT2D eigenvalue weighted by Gasteiger charge is 2.27. The van der Waals surface area contributed by atoms with E-state index in [1.54, 1.807) is 0 Å². The van der Waals surface area contributed by atoms with Gasteiger partial charge >= 0.3 is 0 Å². The number of hydrogen-bond donors (Lipinski definition) is 1. The van der Waals surface area contributed by atoms with Gasteiger partial charge in [0.2, 0.25) is 0 Å². The van der Waals surface area contributed by atoms with Crippen molar-refractivity contribution in [3.8, 4) is 0 Å². The Morgan fingerprint density at radius 1 is 1.04 bits per heavy atom. The predicted molar refractivity (Wildman–Crippen MR) is 103 cm³/mol. The standard InChI is InChI=1S/C19H21Cl2NS/c1-22-19-8-6-14(13-4-7-17(20)18(21)10-13)15-5-3-12(11-23-2)9-16(15)19/h3-5,7,9-10,14,19,22H,6,8,11H2,1-2H3. The molecule has 23 heavy (non-hydrogen) atoms. The van der Waals surface area contributed by atoms with Crippen LogP contribution in [0.5, 0.6) is 0 Å². The number of benzene rings is 2. The van der Waals surface area contributed by atoms with Gasteiger partial charge in [0, 0.05) is 17.7 Å². The Morgan fingerprint density at radius 2 is 1.87 bits per heavy atom. The van der Waals surface area contributed by atoms with Crippen LogP contribution in [0.4, 0.5) is 0 Å². The fourth-order valence-corrected chi connectivity index (χ4v) is 4.34. The van der Waals surface area contributed by atoms with Crippen molar-refractivity contribution >= 4 is 35.0 Å². The summed E-state index contributed by atoms with van der Waals surface area (Å²) in [5.41, 5.74) is 5.50. The normalized spacial score (nSPS) is 20.3. The van der Waals surface area contributed by atoms with E-state index in [1.807, 2.05) is 23.9 Å². The van der Waals surface area contributed by atoms with Crippen LogP contribution in [0.3, 0.4) is 0 Å². The molecule has 0 bridgehead atoms. The van der Waals surface area contributed by atoms with Crippen LogP contribution in [-0.4, -0.2) is 13.3 Å². The first-order valence-electron chi connectivity index (χ1n) is 7.88. The van der Waals surface area contributed by atoms with Crippen LogP contribution in [0.15, 0.2) is 36.4 Å². The van der Waals surface area contributed by atoms with Crippen LogP contribution < -0.4 is 5.32 Å². The molecule has 2 unspecified atom stereocenters. The highest BCUT2D eigenvalue weighted by Crippen LogP contribution is 2.42. The van der Waals surface area contributed by atoms with E-state index in [4.69, 9.17) is 23.2 Å². The van der Waals surface area contributed by atoms with E-state index in [0.29, 0.717) is 22.0 Å². The maximum absolute atomic E-state index is 6.24. The van der Waals surface area contributed by atoms with Gasteiger partial charge in [-0.25, -0.2) is 0 Å². The van der Waals surface area contributed by atoms with Gasteiger partial charge < -0.3 is 5.32 Å². The molecular weight excluding hydrogens is 345 g/mol. The fraction of sp³-hybridized carbons (Fsp3) is 0.368. The molecule has 3 rings (SSSR count). The van der Waals surface area contributed by atoms with Crippen molar-refractivity contribution in [2.24, 2.45) is 0 Å². The summed E-state index contributed by atoms with van der Waals surface area (Å²) in [6.07, 6.45) is 4.41. The second kappa shape index (κ2) is 7.48. The molecule has 2 atom stereocenters. The highest BCUT2D eigenvalue weighted by atomic mass is 35.5. The topological polar surface area (TPSA) is 12.0 Å². The minimum atomic E-state index is 0.396. The van der Waals surface area contributed by atoms with Crippen LogP contribution in [0.2, 0.25) is 10.0 Å². The molecule has 0 amide bonds. The van der Waals surface area contributed by atoms with Gasteiger partial charge in [0.1, 0.15) is 0 Å². The molecule has 1 aliphatic carbocycles. The summed E-state index contributed by atoms with van der Waals surface area (Å²) in [4.78, 5) is 0. The van der Waals surface area contributed by atoms with Crippen LogP contribution in [0.1, 0.15) is 47.1 Å². The van der Waals surface area contributed by atoms with E-state index >= 15 is 0 Å². The van der Waals surface area contributed by atoms with E-state index in [0.717, 1.165) is 18.6 Å². The molecule has 0 aromatic heterocycles. The number of thioether (sulfide) groups is 1. The molecular formula is C19H21Cl2NS. The summed E-state index contributed by atoms with van der Waals surface area (Å²) in [5.74, 6) is 1.45. The van der Waals surface area contributed by atoms with E-state index in [-0.39, 0.29) is 0 Å². The third kappa shape index (κ3) is 3.56. The fourth-order valence-electron chi connectivity index (χ4n) is 3.52. The number of nitrogens with one attached hydrogen (secondary N) is 1. The van der Waals surface area contributed by atoms with Crippen LogP contribution in [0.25, 0.3) is 0 Å². The maximum Gasteiger partial charge on any atom is 0.0595 e. The summed E-state index contributed by atoms with van der Waals surface area (Å²) in [5, 5.41) is 4.73. The lowest BCUT2D eigenvalue weighted by atomic mass is 9.76. The molecule has 0 spiro atoms. The molecule has 0 saturated carbocycles. The summed E-state index contributed by atoms with van der Waals surface area (Å²) in [6, 6.07) is 13.4. The van der Waals surface area contributed by atoms with Crippen LogP contribution >= 0.6 is 35.0 Å². The summed E-state index contributed by atoms with van der Waals surface area (Å²) in [6.45, 7) is 0. The minimum absolute atomic E-state index is 0.396. The molecule has 2 aromatic rings. The van der Waals surface area contributed by atoms with Gasteiger partial charge in [-0.2, -0.15) is 11.8 Å². The zero-order valence-electron chi connectivity index (χ0n) is 13.4. The molecule has 0 saturated heterocycles. The number of halogens is 2. The van der Waals surface area contributed by atoms with Gasteiger partial charge in [-0.1, -0.05) is 47.5 Å². The summed E-state index contributed by atoms with van der Waals surface area (Å²) >= 11 is 14.2. The van der Waals surface area contributed by atoms with Gasteiger partial charge in [0.25, 0.3) is 0 Å². The Kier molecular flexibility index (Phi) is 5.58. The Balaban J connectivity index is 2.03. The second-order valence-corrected chi connectivity index (χ2v) is 7.72. The molecule has 1 aliphatic rings. The zero-order valence-corrected chi connectivity index (χ0v) is 15.7. The molecule has 122 valence electrons. The third-order valence-electron chi connectivity index (χ3n) is 4.65. The van der Waals surface area contributed by atoms with E-state index in [9.17, 15) is 0 Å². The molecule has 2 aromatic carbocycles. The monoisotopic (exact) mass is 365 g/mol. The molecule has 1 nitrogen and oxygen atoms in total. The molecule has 0 aliphatic heterocycles. The highest BCUT2D eigenvalue weighted by molar-refractivity contribution is 7.97. The first kappa shape index (κ1) is 17.2. The van der Waals surface area contributed by atoms with Crippen molar-refractivity contribution in [1.82, 2.24) is 5.32 Å². The van der Waals surface area contributed by atoms with Gasteiger partial charge in [-0.15, -0.1) is 0 Å². The van der Waals surface area contributed by atoms with Gasteiger partial charge in [-0.3, -0.25) is 0 Å². The first-order valence-corrected chi connectivity index (χ1v) is 10.0. The largest absolute Gasteiger partial charge is 0.313 e. The lowest BCUT2D eigenvalue weighted by Gasteiger charge is -2.32. The Labute approximate surface area is 152 Å². The average molecular weight is 366 g/mol. The van der Waals surface area contributed by atoms with Crippen molar-refractivity contribution in [1.29, 1.82) is 0 Å². The summed E-state index contributed by atoms with van der Waals surface area (Å²) in [7, 11) is 2.05. The maximum atomic E-state index is 6.24. The Hall–Kier alpha value is -0.670. The first-order chi connectivity index (χ1) is 11.1. The zero-order chi connectivity index (χ0) is 16.4. The Morgan fingerprint density at radius 3 is 2.57 bits per heavy atom. The lowest BCUT2D eigenvalue weighted by Crippen LogP contribution is -2.24. The molecule has 0 heterocycles. The Bertz CT molecular complexity index is 702. The predicted octanol–water partition coefficient (Wildman–Crippen LogP) is 6.04. The number of hydrogen-bond acceptors (Lipinski definition) is 2. The molecule has 0 fully saturated rings. The van der Waals surface area contributed by atoms with Crippen LogP contribution in [-0.2, 0) is 5.75 Å². The number of rotatable bonds is 4. The smallest absolute Gasteiger partial charge is 0.0595 e. The van der Waals surface area contributed by atoms with Gasteiger partial charge in [-0.05, 0) is 60.5 Å². The van der Waals surface area contributed by atoms with Crippen LogP contribution in [0, 0.1) is 0 Å². The second-order valence-electron chi connectivity index (χ2n) is 6.04. The van der Waals surface area contributed by atoms with Crippen molar-refractivity contribution in [2.75, 3.05) is 13.3 Å². The SMILES string of the molecule is CNC1CCC(c2ccc(Cl)c(Cl)c2)c2ccc(CSC)cc21. The van der Waals surface area contributed by atoms with Crippen molar-refractivity contribution in [3.05, 3.63) is 68.7 Å². The summed E-state index contributed by atoms with van der Waals surface area (Å²) < 4.78 is 0. The number of fused-ring (bicyclic) bond motifs is 1. The minimum Gasteiger partial charge on any atom is -0.313 e. The van der Waals surface area contributed by atoms with Crippen molar-refractivity contribution in [2.45, 2.75) is 30.6 Å². The third-order valence-corrected chi connectivity index (χ3v) is 6.01. The quantitative estimate of drug-likeness (QED) is 0.708. The van der Waals surface area contributed by atoms with Crippen molar-refractivity contribution in [3.63, 3.8) is 0 Å². The molecule has 4 heteroatoms. The van der Waals surface area contributed by atoms with E-state index in [2.05, 4.69) is 42.9 Å². The van der Waals surface area contributed by atoms with Gasteiger partial charge in [0.15, 0.2) is 0 Å². The molecule has 0 radical (unpaired) electrons. The van der Waals surface area contributed by atoms with E-state index < -0.39 is 0 Å². The van der Waals surface area contributed by atoms with Crippen molar-refractivity contribution < 1.29 is 0 Å². The van der Waals surface area contributed by atoms with E-state index in [1.165, 1.54) is 22.3 Å².